The van der Waals surface area contributed by atoms with Gasteiger partial charge in [0.05, 0.1) is 11.4 Å². The molecule has 1 atom stereocenters. The van der Waals surface area contributed by atoms with Crippen molar-refractivity contribution in [1.82, 2.24) is 20.2 Å². The van der Waals surface area contributed by atoms with Crippen molar-refractivity contribution in [1.29, 1.82) is 0 Å². The van der Waals surface area contributed by atoms with Crippen LogP contribution in [0.3, 0.4) is 0 Å². The Morgan fingerprint density at radius 1 is 1.10 bits per heavy atom. The zero-order valence-corrected chi connectivity index (χ0v) is 24.3. The molecule has 1 aromatic heterocycles. The van der Waals surface area contributed by atoms with Crippen molar-refractivity contribution in [2.24, 2.45) is 0 Å². The summed E-state index contributed by atoms with van der Waals surface area (Å²) in [5.41, 5.74) is 3.80. The lowest BCUT2D eigenvalue weighted by Gasteiger charge is -2.42. The molecule has 216 valence electrons. The fourth-order valence-electron chi connectivity index (χ4n) is 5.94. The maximum atomic E-state index is 14.9. The molecule has 1 fully saturated rings. The van der Waals surface area contributed by atoms with E-state index in [0.717, 1.165) is 11.3 Å². The van der Waals surface area contributed by atoms with Gasteiger partial charge < -0.3 is 20.4 Å². The molecule has 6 rings (SSSR count). The average molecular weight is 589 g/mol. The fourth-order valence-corrected chi connectivity index (χ4v) is 6.10. The van der Waals surface area contributed by atoms with E-state index in [0.29, 0.717) is 59.5 Å². The van der Waals surface area contributed by atoms with E-state index in [1.165, 1.54) is 18.2 Å². The minimum absolute atomic E-state index is 0.00429. The number of anilines is 4. The number of fused-ring (bicyclic) bond motifs is 3. The van der Waals surface area contributed by atoms with Gasteiger partial charge >= 0.3 is 0 Å². The smallest absolute Gasteiger partial charge is 0.253 e. The van der Waals surface area contributed by atoms with Gasteiger partial charge in [-0.3, -0.25) is 4.79 Å². The van der Waals surface area contributed by atoms with Crippen molar-refractivity contribution in [2.75, 3.05) is 29.9 Å². The van der Waals surface area contributed by atoms with Crippen molar-refractivity contribution in [3.63, 3.8) is 0 Å². The number of carbonyl (C=O) groups excluding carboxylic acids is 1. The molecule has 2 aliphatic rings. The van der Waals surface area contributed by atoms with E-state index in [-0.39, 0.29) is 23.2 Å². The number of benzene rings is 3. The Labute approximate surface area is 248 Å². The summed E-state index contributed by atoms with van der Waals surface area (Å²) in [6, 6.07) is 16.5. The first-order valence-corrected chi connectivity index (χ1v) is 14.3. The second kappa shape index (κ2) is 11.0. The molecular weight excluding hydrogens is 558 g/mol. The van der Waals surface area contributed by atoms with Crippen LogP contribution >= 0.6 is 11.6 Å². The molecule has 42 heavy (non-hydrogen) atoms. The molecule has 2 N–H and O–H groups in total. The molecule has 0 radical (unpaired) electrons. The lowest BCUT2D eigenvalue weighted by Crippen LogP contribution is -2.62. The largest absolute Gasteiger partial charge is 0.336 e. The van der Waals surface area contributed by atoms with Gasteiger partial charge in [-0.15, -0.1) is 0 Å². The van der Waals surface area contributed by atoms with E-state index in [9.17, 15) is 13.6 Å². The minimum Gasteiger partial charge on any atom is -0.336 e. The number of rotatable bonds is 4. The van der Waals surface area contributed by atoms with Crippen molar-refractivity contribution in [2.45, 2.75) is 38.8 Å². The molecule has 7 nitrogen and oxygen atoms in total. The van der Waals surface area contributed by atoms with Crippen molar-refractivity contribution in [3.05, 3.63) is 94.6 Å². The number of carbonyl (C=O) groups is 1. The average Bonchev–Trinajstić information content (AvgIpc) is 3.08. The van der Waals surface area contributed by atoms with E-state index >= 15 is 0 Å². The third-order valence-electron chi connectivity index (χ3n) is 7.58. The topological polar surface area (TPSA) is 73.4 Å². The van der Waals surface area contributed by atoms with Crippen LogP contribution in [0.1, 0.15) is 36.7 Å². The summed E-state index contributed by atoms with van der Waals surface area (Å²) in [5.74, 6) is -0.956. The maximum absolute atomic E-state index is 14.9. The number of nitrogens with zero attached hydrogens (tertiary/aromatic N) is 4. The first-order valence-electron chi connectivity index (χ1n) is 13.9. The van der Waals surface area contributed by atoms with Crippen LogP contribution in [0.25, 0.3) is 11.3 Å². The standard InChI is InChI=1S/C32H31ClF2N6O/c1-19-17-40(18-32(2,3)39-19)30(42)20-7-10-23(11-8-20)37-31-36-16-21-13-14-41(29-25(34)5-4-6-26(29)35)27-15-22(33)9-12-24(27)28(21)38-31/h4-12,15-16,19,39H,13-14,17-18H2,1-3H3,(H,36,37,38). The molecule has 0 saturated carbocycles. The van der Waals surface area contributed by atoms with Crippen LogP contribution in [-0.2, 0) is 6.42 Å². The lowest BCUT2D eigenvalue weighted by molar-refractivity contribution is 0.0596. The Balaban J connectivity index is 1.27. The van der Waals surface area contributed by atoms with E-state index in [4.69, 9.17) is 16.6 Å². The summed E-state index contributed by atoms with van der Waals surface area (Å²) in [6.45, 7) is 7.87. The zero-order chi connectivity index (χ0) is 29.6. The summed E-state index contributed by atoms with van der Waals surface area (Å²) in [6.07, 6.45) is 2.20. The highest BCUT2D eigenvalue weighted by atomic mass is 35.5. The van der Waals surface area contributed by atoms with Gasteiger partial charge in [0.1, 0.15) is 17.3 Å². The Kier molecular flexibility index (Phi) is 7.32. The van der Waals surface area contributed by atoms with Gasteiger partial charge in [-0.2, -0.15) is 0 Å². The predicted octanol–water partition coefficient (Wildman–Crippen LogP) is 6.73. The van der Waals surface area contributed by atoms with Gasteiger partial charge in [0, 0.05) is 59.2 Å². The highest BCUT2D eigenvalue weighted by Crippen LogP contribution is 2.42. The molecule has 1 unspecified atom stereocenters. The maximum Gasteiger partial charge on any atom is 0.253 e. The summed E-state index contributed by atoms with van der Waals surface area (Å²) in [7, 11) is 0. The summed E-state index contributed by atoms with van der Waals surface area (Å²) >= 11 is 6.34. The molecule has 3 heterocycles. The number of aromatic nitrogens is 2. The third-order valence-corrected chi connectivity index (χ3v) is 7.81. The van der Waals surface area contributed by atoms with Crippen LogP contribution in [0.4, 0.5) is 31.8 Å². The van der Waals surface area contributed by atoms with Crippen LogP contribution in [0, 0.1) is 11.6 Å². The highest BCUT2D eigenvalue weighted by molar-refractivity contribution is 6.31. The number of piperazine rings is 1. The molecule has 1 saturated heterocycles. The van der Waals surface area contributed by atoms with Gasteiger partial charge in [0.15, 0.2) is 0 Å². The number of hydrogen-bond acceptors (Lipinski definition) is 6. The number of nitrogens with one attached hydrogen (secondary N) is 2. The van der Waals surface area contributed by atoms with Crippen LogP contribution < -0.4 is 15.5 Å². The first-order chi connectivity index (χ1) is 20.1. The van der Waals surface area contributed by atoms with Crippen LogP contribution in [0.2, 0.25) is 5.02 Å². The van der Waals surface area contributed by atoms with Gasteiger partial charge in [0.25, 0.3) is 5.91 Å². The Morgan fingerprint density at radius 2 is 1.83 bits per heavy atom. The molecule has 0 aliphatic carbocycles. The Morgan fingerprint density at radius 3 is 2.55 bits per heavy atom. The van der Waals surface area contributed by atoms with E-state index in [1.54, 1.807) is 35.4 Å². The summed E-state index contributed by atoms with van der Waals surface area (Å²) in [5, 5.41) is 7.19. The van der Waals surface area contributed by atoms with Crippen molar-refractivity contribution >= 4 is 40.5 Å². The third kappa shape index (κ3) is 5.54. The molecule has 0 bridgehead atoms. The van der Waals surface area contributed by atoms with Crippen molar-refractivity contribution in [3.8, 4) is 11.3 Å². The van der Waals surface area contributed by atoms with Crippen LogP contribution in [0.15, 0.2) is 66.9 Å². The second-order valence-corrected chi connectivity index (χ2v) is 12.0. The SMILES string of the molecule is CC1CN(C(=O)c2ccc(Nc3ncc4c(n3)-c3ccc(Cl)cc3N(c3c(F)cccc3F)CC4)cc2)CC(C)(C)N1. The Hall–Kier alpha value is -4.08. The van der Waals surface area contributed by atoms with E-state index in [2.05, 4.69) is 36.4 Å². The van der Waals surface area contributed by atoms with Gasteiger partial charge in [-0.05, 0) is 87.4 Å². The molecule has 1 amide bonds. The van der Waals surface area contributed by atoms with Gasteiger partial charge in [-0.25, -0.2) is 18.7 Å². The summed E-state index contributed by atoms with van der Waals surface area (Å²) < 4.78 is 29.7. The van der Waals surface area contributed by atoms with Crippen LogP contribution in [0.5, 0.6) is 0 Å². The number of para-hydroxylation sites is 1. The molecule has 3 aromatic carbocycles. The van der Waals surface area contributed by atoms with E-state index < -0.39 is 11.6 Å². The minimum atomic E-state index is -0.655. The van der Waals surface area contributed by atoms with Crippen LogP contribution in [-0.4, -0.2) is 52.0 Å². The predicted molar refractivity (Wildman–Crippen MR) is 162 cm³/mol. The van der Waals surface area contributed by atoms with Gasteiger partial charge in [0.2, 0.25) is 5.95 Å². The highest BCUT2D eigenvalue weighted by Gasteiger charge is 2.32. The summed E-state index contributed by atoms with van der Waals surface area (Å²) in [4.78, 5) is 26.0. The fraction of sp³-hybridized carbons (Fsp3) is 0.281. The van der Waals surface area contributed by atoms with Gasteiger partial charge in [-0.1, -0.05) is 17.7 Å². The number of halogens is 3. The molecular formula is C32H31ClF2N6O. The van der Waals surface area contributed by atoms with Crippen molar-refractivity contribution < 1.29 is 13.6 Å². The quantitative estimate of drug-likeness (QED) is 0.276. The Bertz CT molecular complexity index is 1640. The lowest BCUT2D eigenvalue weighted by atomic mass is 9.98. The van der Waals surface area contributed by atoms with E-state index in [1.807, 2.05) is 23.1 Å². The number of hydrogen-bond donors (Lipinski definition) is 2. The molecule has 0 spiro atoms. The molecule has 4 aromatic rings. The number of amides is 1. The zero-order valence-electron chi connectivity index (χ0n) is 23.6. The monoisotopic (exact) mass is 588 g/mol. The molecule has 2 aliphatic heterocycles. The first kappa shape index (κ1) is 28.1. The molecule has 10 heteroatoms. The normalized spacial score (nSPS) is 17.7. The second-order valence-electron chi connectivity index (χ2n) is 11.5.